The van der Waals surface area contributed by atoms with Gasteiger partial charge in [0.25, 0.3) is 0 Å². The van der Waals surface area contributed by atoms with Gasteiger partial charge >= 0.3 is 0 Å². The Balaban J connectivity index is 1.98. The fourth-order valence-electron chi connectivity index (χ4n) is 3.63. The zero-order valence-corrected chi connectivity index (χ0v) is 10.5. The van der Waals surface area contributed by atoms with Crippen LogP contribution in [-0.4, -0.2) is 15.6 Å². The standard InChI is InChI=1S/C12H18S2/c1-9-7-11(2)4-3-10(9)12(8-11)13-5-6-14-12/h10H,1,3-8H2,2H3/t10-,11+/m0/s1. The summed E-state index contributed by atoms with van der Waals surface area (Å²) >= 11 is 4.47. The number of fused-ring (bicyclic) bond motifs is 2. The second kappa shape index (κ2) is 2.98. The maximum Gasteiger partial charge on any atom is 0.0681 e. The summed E-state index contributed by atoms with van der Waals surface area (Å²) in [7, 11) is 0. The summed E-state index contributed by atoms with van der Waals surface area (Å²) in [5.74, 6) is 3.57. The molecule has 0 N–H and O–H groups in total. The predicted molar refractivity (Wildman–Crippen MR) is 66.9 cm³/mol. The zero-order valence-electron chi connectivity index (χ0n) is 8.84. The van der Waals surface area contributed by atoms with Gasteiger partial charge in [-0.15, -0.1) is 23.5 Å². The van der Waals surface area contributed by atoms with Crippen molar-refractivity contribution in [1.29, 1.82) is 0 Å². The summed E-state index contributed by atoms with van der Waals surface area (Å²) in [6, 6.07) is 0. The average Bonchev–Trinajstić information content (AvgIpc) is 2.51. The Morgan fingerprint density at radius 2 is 2.07 bits per heavy atom. The molecule has 2 bridgehead atoms. The Hall–Kier alpha value is 0.440. The molecule has 4 fully saturated rings. The van der Waals surface area contributed by atoms with Crippen LogP contribution in [0.2, 0.25) is 0 Å². The van der Waals surface area contributed by atoms with Gasteiger partial charge in [0.15, 0.2) is 0 Å². The predicted octanol–water partition coefficient (Wildman–Crippen LogP) is 3.93. The van der Waals surface area contributed by atoms with Gasteiger partial charge in [-0.2, -0.15) is 0 Å². The van der Waals surface area contributed by atoms with Gasteiger partial charge in [0.1, 0.15) is 0 Å². The molecule has 0 radical (unpaired) electrons. The molecule has 0 aromatic heterocycles. The Morgan fingerprint density at radius 1 is 1.36 bits per heavy atom. The van der Waals surface area contributed by atoms with Crippen LogP contribution in [0, 0.1) is 11.3 Å². The van der Waals surface area contributed by atoms with Gasteiger partial charge in [-0.25, -0.2) is 0 Å². The minimum Gasteiger partial charge on any atom is -0.143 e. The van der Waals surface area contributed by atoms with Gasteiger partial charge in [0.2, 0.25) is 0 Å². The molecule has 1 saturated heterocycles. The smallest absolute Gasteiger partial charge is 0.0681 e. The van der Waals surface area contributed by atoms with Crippen LogP contribution in [0.15, 0.2) is 12.2 Å². The van der Waals surface area contributed by atoms with Crippen LogP contribution in [0.3, 0.4) is 0 Å². The van der Waals surface area contributed by atoms with Crippen molar-refractivity contribution in [1.82, 2.24) is 0 Å². The summed E-state index contributed by atoms with van der Waals surface area (Å²) in [5, 5.41) is 0. The second-order valence-corrected chi connectivity index (χ2v) is 8.53. The second-order valence-electron chi connectivity index (χ2n) is 5.42. The summed E-state index contributed by atoms with van der Waals surface area (Å²) in [6.07, 6.45) is 5.61. The molecule has 0 aromatic carbocycles. The van der Waals surface area contributed by atoms with Crippen LogP contribution in [0.1, 0.15) is 32.6 Å². The van der Waals surface area contributed by atoms with E-state index in [0.29, 0.717) is 9.49 Å². The molecule has 4 aliphatic rings. The lowest BCUT2D eigenvalue weighted by atomic mass is 9.59. The van der Waals surface area contributed by atoms with E-state index in [1.165, 1.54) is 37.2 Å². The summed E-state index contributed by atoms with van der Waals surface area (Å²) in [5.41, 5.74) is 2.16. The topological polar surface area (TPSA) is 0 Å². The molecular formula is C12H18S2. The highest BCUT2D eigenvalue weighted by atomic mass is 32.2. The first kappa shape index (κ1) is 9.65. The van der Waals surface area contributed by atoms with E-state index in [0.717, 1.165) is 5.92 Å². The van der Waals surface area contributed by atoms with E-state index in [-0.39, 0.29) is 0 Å². The van der Waals surface area contributed by atoms with Crippen LogP contribution in [0.25, 0.3) is 0 Å². The minimum atomic E-state index is 0.558. The summed E-state index contributed by atoms with van der Waals surface area (Å²) in [4.78, 5) is 0. The van der Waals surface area contributed by atoms with Gasteiger partial charge in [-0.05, 0) is 31.1 Å². The van der Waals surface area contributed by atoms with E-state index < -0.39 is 0 Å². The molecule has 0 unspecified atom stereocenters. The molecule has 78 valence electrons. The van der Waals surface area contributed by atoms with E-state index in [1.807, 2.05) is 0 Å². The van der Waals surface area contributed by atoms with Crippen LogP contribution < -0.4 is 0 Å². The van der Waals surface area contributed by atoms with Gasteiger partial charge in [0.05, 0.1) is 4.08 Å². The zero-order chi connectivity index (χ0) is 9.81. The third kappa shape index (κ3) is 1.23. The highest BCUT2D eigenvalue weighted by Gasteiger charge is 2.55. The monoisotopic (exact) mass is 226 g/mol. The van der Waals surface area contributed by atoms with Crippen LogP contribution >= 0.6 is 23.5 Å². The van der Waals surface area contributed by atoms with Crippen molar-refractivity contribution in [3.63, 3.8) is 0 Å². The number of hydrogen-bond acceptors (Lipinski definition) is 2. The quantitative estimate of drug-likeness (QED) is 0.574. The van der Waals surface area contributed by atoms with Gasteiger partial charge in [0, 0.05) is 17.4 Å². The molecule has 0 nitrogen and oxygen atoms in total. The maximum atomic E-state index is 4.33. The maximum absolute atomic E-state index is 4.33. The highest BCUT2D eigenvalue weighted by molar-refractivity contribution is 8.21. The van der Waals surface area contributed by atoms with Crippen molar-refractivity contribution >= 4 is 23.5 Å². The third-order valence-corrected chi connectivity index (χ3v) is 7.78. The van der Waals surface area contributed by atoms with Gasteiger partial charge in [-0.3, -0.25) is 0 Å². The van der Waals surface area contributed by atoms with Crippen LogP contribution in [0.5, 0.6) is 0 Å². The van der Waals surface area contributed by atoms with Crippen molar-refractivity contribution in [3.05, 3.63) is 12.2 Å². The van der Waals surface area contributed by atoms with Gasteiger partial charge in [-0.1, -0.05) is 19.1 Å². The minimum absolute atomic E-state index is 0.558. The lowest BCUT2D eigenvalue weighted by Crippen LogP contribution is -2.47. The molecule has 14 heavy (non-hydrogen) atoms. The van der Waals surface area contributed by atoms with E-state index >= 15 is 0 Å². The Morgan fingerprint density at radius 3 is 2.64 bits per heavy atom. The highest BCUT2D eigenvalue weighted by Crippen LogP contribution is 2.67. The molecular weight excluding hydrogens is 208 g/mol. The molecule has 1 spiro atoms. The molecule has 1 heterocycles. The van der Waals surface area contributed by atoms with E-state index in [2.05, 4.69) is 37.0 Å². The van der Waals surface area contributed by atoms with Crippen LogP contribution in [-0.2, 0) is 0 Å². The van der Waals surface area contributed by atoms with E-state index in [9.17, 15) is 0 Å². The van der Waals surface area contributed by atoms with E-state index in [1.54, 1.807) is 5.57 Å². The number of allylic oxidation sites excluding steroid dienone is 1. The SMILES string of the molecule is C=C1C[C@@]2(C)CC[C@@H]1C1(C2)SCCS1. The first-order valence-electron chi connectivity index (χ1n) is 5.59. The van der Waals surface area contributed by atoms with Gasteiger partial charge < -0.3 is 0 Å². The van der Waals surface area contributed by atoms with Crippen molar-refractivity contribution in [2.45, 2.75) is 36.7 Å². The molecule has 1 aliphatic heterocycles. The molecule has 0 amide bonds. The lowest BCUT2D eigenvalue weighted by molar-refractivity contribution is 0.129. The Labute approximate surface area is 95.3 Å². The molecule has 2 heteroatoms. The van der Waals surface area contributed by atoms with E-state index in [4.69, 9.17) is 0 Å². The van der Waals surface area contributed by atoms with Crippen molar-refractivity contribution in [2.75, 3.05) is 11.5 Å². The molecule has 2 atom stereocenters. The van der Waals surface area contributed by atoms with Crippen molar-refractivity contribution in [3.8, 4) is 0 Å². The Bertz CT molecular complexity index is 278. The third-order valence-electron chi connectivity index (χ3n) is 4.16. The van der Waals surface area contributed by atoms with Crippen molar-refractivity contribution < 1.29 is 0 Å². The Kier molecular flexibility index (Phi) is 2.05. The summed E-state index contributed by atoms with van der Waals surface area (Å²) < 4.78 is 0.558. The first-order valence-corrected chi connectivity index (χ1v) is 7.56. The number of hydrogen-bond donors (Lipinski definition) is 0. The van der Waals surface area contributed by atoms with Crippen molar-refractivity contribution in [2.24, 2.45) is 11.3 Å². The average molecular weight is 226 g/mol. The normalized spacial score (nSPS) is 44.9. The largest absolute Gasteiger partial charge is 0.143 e. The first-order chi connectivity index (χ1) is 6.64. The molecule has 3 aliphatic carbocycles. The molecule has 3 saturated carbocycles. The number of thioether (sulfide) groups is 2. The molecule has 4 rings (SSSR count). The fraction of sp³-hybridized carbons (Fsp3) is 0.833. The number of rotatable bonds is 0. The lowest BCUT2D eigenvalue weighted by Gasteiger charge is -2.55. The molecule has 0 aromatic rings. The fourth-order valence-corrected chi connectivity index (χ4v) is 7.69. The summed E-state index contributed by atoms with van der Waals surface area (Å²) in [6.45, 7) is 6.82. The van der Waals surface area contributed by atoms with Crippen LogP contribution in [0.4, 0.5) is 0 Å².